The molecule has 92 valence electrons. The molecule has 0 spiro atoms. The number of nitrogens with zero attached hydrogens (tertiary/aromatic N) is 2. The summed E-state index contributed by atoms with van der Waals surface area (Å²) in [5.74, 6) is 5.96. The van der Waals surface area contributed by atoms with Crippen LogP contribution in [0.25, 0.3) is 0 Å². The summed E-state index contributed by atoms with van der Waals surface area (Å²) in [5, 5.41) is 3.10. The van der Waals surface area contributed by atoms with Crippen molar-refractivity contribution >= 4 is 11.6 Å². The van der Waals surface area contributed by atoms with Gasteiger partial charge >= 0.3 is 0 Å². The van der Waals surface area contributed by atoms with Gasteiger partial charge in [0.15, 0.2) is 0 Å². The maximum Gasteiger partial charge on any atom is 0.210 e. The Hall–Kier alpha value is -2.40. The first-order valence-corrected chi connectivity index (χ1v) is 5.60. The minimum Gasteiger partial charge on any atom is -0.325 e. The van der Waals surface area contributed by atoms with E-state index < -0.39 is 0 Å². The normalized spacial score (nSPS) is 11.1. The van der Waals surface area contributed by atoms with Crippen LogP contribution in [0.2, 0.25) is 0 Å². The zero-order chi connectivity index (χ0) is 12.6. The summed E-state index contributed by atoms with van der Waals surface area (Å²) in [6.07, 6.45) is 3.48. The number of anilines is 1. The van der Waals surface area contributed by atoms with E-state index in [1.165, 1.54) is 0 Å². The second kappa shape index (κ2) is 6.36. The van der Waals surface area contributed by atoms with Crippen LogP contribution in [0.15, 0.2) is 59.9 Å². The van der Waals surface area contributed by atoms with Gasteiger partial charge in [0.25, 0.3) is 0 Å². The molecule has 0 fully saturated rings. The van der Waals surface area contributed by atoms with Crippen LogP contribution in [0, 0.1) is 0 Å². The third-order valence-corrected chi connectivity index (χ3v) is 2.34. The Labute approximate surface area is 106 Å². The first-order chi connectivity index (χ1) is 8.88. The highest BCUT2D eigenvalue weighted by atomic mass is 15.3. The molecule has 5 nitrogen and oxygen atoms in total. The molecule has 1 aromatic carbocycles. The lowest BCUT2D eigenvalue weighted by Crippen LogP contribution is -2.36. The first-order valence-electron chi connectivity index (χ1n) is 5.60. The lowest BCUT2D eigenvalue weighted by molar-refractivity contribution is 0.966. The molecule has 0 aliphatic rings. The van der Waals surface area contributed by atoms with E-state index in [0.29, 0.717) is 12.5 Å². The molecule has 1 heterocycles. The van der Waals surface area contributed by atoms with Gasteiger partial charge in [-0.1, -0.05) is 18.2 Å². The van der Waals surface area contributed by atoms with Gasteiger partial charge < -0.3 is 5.32 Å². The Morgan fingerprint density at radius 1 is 1.11 bits per heavy atom. The number of aromatic nitrogens is 1. The fraction of sp³-hybridized carbons (Fsp3) is 0.0769. The molecule has 4 N–H and O–H groups in total. The van der Waals surface area contributed by atoms with Crippen LogP contribution in [-0.2, 0) is 6.54 Å². The predicted molar refractivity (Wildman–Crippen MR) is 72.8 cm³/mol. The van der Waals surface area contributed by atoms with E-state index in [0.717, 1.165) is 11.3 Å². The number of rotatable bonds is 3. The van der Waals surface area contributed by atoms with Crippen molar-refractivity contribution in [3.05, 3.63) is 60.4 Å². The second-order valence-electron chi connectivity index (χ2n) is 3.66. The van der Waals surface area contributed by atoms with Crippen LogP contribution in [0.4, 0.5) is 5.69 Å². The van der Waals surface area contributed by atoms with Crippen molar-refractivity contribution in [3.63, 3.8) is 0 Å². The molecule has 0 saturated heterocycles. The van der Waals surface area contributed by atoms with E-state index in [2.05, 4.69) is 20.7 Å². The lowest BCUT2D eigenvalue weighted by atomic mass is 10.3. The number of hydrogen-bond acceptors (Lipinski definition) is 3. The summed E-state index contributed by atoms with van der Waals surface area (Å²) in [4.78, 5) is 8.31. The van der Waals surface area contributed by atoms with Crippen LogP contribution in [0.1, 0.15) is 5.56 Å². The average Bonchev–Trinajstić information content (AvgIpc) is 2.45. The van der Waals surface area contributed by atoms with Crippen LogP contribution in [0.3, 0.4) is 0 Å². The molecule has 0 amide bonds. The SMILES string of the molecule is NNC(=NCc1ccncc1)Nc1ccccc1. The fourth-order valence-electron chi connectivity index (χ4n) is 1.44. The van der Waals surface area contributed by atoms with Gasteiger partial charge in [0, 0.05) is 18.1 Å². The zero-order valence-electron chi connectivity index (χ0n) is 9.88. The number of guanidine groups is 1. The first kappa shape index (κ1) is 12.1. The number of pyridine rings is 1. The summed E-state index contributed by atoms with van der Waals surface area (Å²) >= 11 is 0. The molecular weight excluding hydrogens is 226 g/mol. The van der Waals surface area contributed by atoms with Gasteiger partial charge in [-0.2, -0.15) is 0 Å². The monoisotopic (exact) mass is 241 g/mol. The van der Waals surface area contributed by atoms with Gasteiger partial charge in [-0.05, 0) is 29.8 Å². The summed E-state index contributed by atoms with van der Waals surface area (Å²) in [6.45, 7) is 0.544. The standard InChI is InChI=1S/C13H15N5/c14-18-13(17-12-4-2-1-3-5-12)16-10-11-6-8-15-9-7-11/h1-9H,10,14H2,(H2,16,17,18). The highest BCUT2D eigenvalue weighted by Crippen LogP contribution is 2.05. The molecule has 2 aromatic rings. The average molecular weight is 241 g/mol. The Morgan fingerprint density at radius 2 is 1.83 bits per heavy atom. The van der Waals surface area contributed by atoms with Crippen LogP contribution in [-0.4, -0.2) is 10.9 Å². The van der Waals surface area contributed by atoms with Gasteiger partial charge in [-0.25, -0.2) is 10.8 Å². The highest BCUT2D eigenvalue weighted by Gasteiger charge is 1.97. The molecule has 0 saturated carbocycles. The number of hydrazine groups is 1. The third-order valence-electron chi connectivity index (χ3n) is 2.34. The van der Waals surface area contributed by atoms with Gasteiger partial charge in [0.2, 0.25) is 5.96 Å². The molecule has 0 bridgehead atoms. The molecule has 0 aliphatic carbocycles. The molecule has 2 rings (SSSR count). The quantitative estimate of drug-likeness (QED) is 0.329. The molecule has 0 unspecified atom stereocenters. The summed E-state index contributed by atoms with van der Waals surface area (Å²) < 4.78 is 0. The highest BCUT2D eigenvalue weighted by molar-refractivity contribution is 5.93. The van der Waals surface area contributed by atoms with Crippen molar-refractivity contribution in [3.8, 4) is 0 Å². The second-order valence-corrected chi connectivity index (χ2v) is 3.66. The Bertz CT molecular complexity index is 495. The number of nitrogens with two attached hydrogens (primary N) is 1. The topological polar surface area (TPSA) is 75.3 Å². The molecular formula is C13H15N5. The van der Waals surface area contributed by atoms with Crippen molar-refractivity contribution in [2.45, 2.75) is 6.54 Å². The minimum absolute atomic E-state index is 0.526. The van der Waals surface area contributed by atoms with E-state index in [-0.39, 0.29) is 0 Å². The van der Waals surface area contributed by atoms with Gasteiger partial charge in [-0.15, -0.1) is 0 Å². The van der Waals surface area contributed by atoms with Crippen LogP contribution < -0.4 is 16.6 Å². The van der Waals surface area contributed by atoms with Crippen molar-refractivity contribution < 1.29 is 0 Å². The van der Waals surface area contributed by atoms with Crippen LogP contribution in [0.5, 0.6) is 0 Å². The number of benzene rings is 1. The smallest absolute Gasteiger partial charge is 0.210 e. The van der Waals surface area contributed by atoms with Gasteiger partial charge in [-0.3, -0.25) is 10.4 Å². The molecule has 0 radical (unpaired) electrons. The maximum absolute atomic E-state index is 5.43. The molecule has 18 heavy (non-hydrogen) atoms. The Morgan fingerprint density at radius 3 is 2.50 bits per heavy atom. The molecule has 0 atom stereocenters. The van der Waals surface area contributed by atoms with Crippen molar-refractivity contribution in [2.75, 3.05) is 5.32 Å². The molecule has 0 aliphatic heterocycles. The number of hydrogen-bond donors (Lipinski definition) is 3. The van der Waals surface area contributed by atoms with Gasteiger partial charge in [0.1, 0.15) is 0 Å². The minimum atomic E-state index is 0.526. The third kappa shape index (κ3) is 3.57. The Kier molecular flexibility index (Phi) is 4.27. The van der Waals surface area contributed by atoms with Crippen molar-refractivity contribution in [2.24, 2.45) is 10.8 Å². The lowest BCUT2D eigenvalue weighted by Gasteiger charge is -2.08. The van der Waals surface area contributed by atoms with E-state index in [4.69, 9.17) is 5.84 Å². The van der Waals surface area contributed by atoms with Crippen molar-refractivity contribution in [1.82, 2.24) is 10.4 Å². The predicted octanol–water partition coefficient (Wildman–Crippen LogP) is 1.51. The largest absolute Gasteiger partial charge is 0.325 e. The van der Waals surface area contributed by atoms with E-state index in [1.54, 1.807) is 12.4 Å². The zero-order valence-corrected chi connectivity index (χ0v) is 9.88. The number of aliphatic imine (C=N–C) groups is 1. The van der Waals surface area contributed by atoms with E-state index in [9.17, 15) is 0 Å². The van der Waals surface area contributed by atoms with E-state index in [1.807, 2.05) is 42.5 Å². The van der Waals surface area contributed by atoms with Gasteiger partial charge in [0.05, 0.1) is 6.54 Å². The van der Waals surface area contributed by atoms with Crippen molar-refractivity contribution in [1.29, 1.82) is 0 Å². The van der Waals surface area contributed by atoms with Crippen LogP contribution >= 0.6 is 0 Å². The summed E-state index contributed by atoms with van der Waals surface area (Å²) in [7, 11) is 0. The fourth-order valence-corrected chi connectivity index (χ4v) is 1.44. The molecule has 1 aromatic heterocycles. The Balaban J connectivity index is 2.00. The maximum atomic E-state index is 5.43. The summed E-state index contributed by atoms with van der Waals surface area (Å²) in [5.41, 5.74) is 4.55. The van der Waals surface area contributed by atoms with E-state index >= 15 is 0 Å². The number of nitrogens with one attached hydrogen (secondary N) is 2. The number of para-hydroxylation sites is 1. The molecule has 5 heteroatoms. The summed E-state index contributed by atoms with van der Waals surface area (Å²) in [6, 6.07) is 13.6.